The molecule has 144 valence electrons. The summed E-state index contributed by atoms with van der Waals surface area (Å²) in [5, 5.41) is 0.273. The van der Waals surface area contributed by atoms with Gasteiger partial charge in [-0.25, -0.2) is 4.39 Å². The van der Waals surface area contributed by atoms with E-state index in [4.69, 9.17) is 10.5 Å². The first-order valence-corrected chi connectivity index (χ1v) is 8.80. The molecule has 0 saturated heterocycles. The fourth-order valence-corrected chi connectivity index (χ4v) is 3.04. The van der Waals surface area contributed by atoms with Gasteiger partial charge in [-0.05, 0) is 48.5 Å². The number of rotatable bonds is 5. The zero-order valence-corrected chi connectivity index (χ0v) is 15.2. The monoisotopic (exact) mass is 389 g/mol. The van der Waals surface area contributed by atoms with E-state index in [1.165, 1.54) is 18.3 Å². The van der Waals surface area contributed by atoms with Crippen LogP contribution >= 0.6 is 0 Å². The summed E-state index contributed by atoms with van der Waals surface area (Å²) in [6.45, 7) is 0.279. The van der Waals surface area contributed by atoms with Crippen molar-refractivity contribution in [1.82, 2.24) is 9.55 Å². The van der Waals surface area contributed by atoms with Gasteiger partial charge in [0.1, 0.15) is 23.7 Å². The Morgan fingerprint density at radius 3 is 2.62 bits per heavy atom. The fraction of sp³-hybridized carbons (Fsp3) is 0.0455. The number of primary amides is 1. The van der Waals surface area contributed by atoms with Crippen molar-refractivity contribution in [3.05, 3.63) is 100 Å². The summed E-state index contributed by atoms with van der Waals surface area (Å²) in [5.74, 6) is -0.763. The molecule has 4 aromatic rings. The Morgan fingerprint density at radius 1 is 1.14 bits per heavy atom. The zero-order chi connectivity index (χ0) is 20.4. The van der Waals surface area contributed by atoms with Gasteiger partial charge < -0.3 is 15.0 Å². The molecule has 0 saturated carbocycles. The molecule has 2 heterocycles. The second-order valence-corrected chi connectivity index (χ2v) is 6.41. The molecule has 0 aliphatic carbocycles. The van der Waals surface area contributed by atoms with E-state index in [9.17, 15) is 14.0 Å². The van der Waals surface area contributed by atoms with Crippen molar-refractivity contribution >= 4 is 16.8 Å². The molecule has 6 nitrogen and oxygen atoms in total. The molecule has 2 N–H and O–H groups in total. The first kappa shape index (κ1) is 18.4. The number of aromatic nitrogens is 2. The van der Waals surface area contributed by atoms with Gasteiger partial charge in [0.15, 0.2) is 0 Å². The minimum atomic E-state index is -0.838. The molecular formula is C22H16FN3O3. The number of ether oxygens (including phenoxy) is 1. The van der Waals surface area contributed by atoms with Gasteiger partial charge in [-0.1, -0.05) is 6.07 Å². The Morgan fingerprint density at radius 2 is 1.93 bits per heavy atom. The number of fused-ring (bicyclic) bond motifs is 1. The lowest BCUT2D eigenvalue weighted by Crippen LogP contribution is -2.23. The predicted octanol–water partition coefficient (Wildman–Crippen LogP) is 3.20. The molecule has 0 spiro atoms. The Labute approximate surface area is 165 Å². The zero-order valence-electron chi connectivity index (χ0n) is 15.2. The summed E-state index contributed by atoms with van der Waals surface area (Å²) in [7, 11) is 0. The van der Waals surface area contributed by atoms with E-state index >= 15 is 0 Å². The van der Waals surface area contributed by atoms with Crippen LogP contribution in [-0.2, 0) is 6.61 Å². The van der Waals surface area contributed by atoms with Gasteiger partial charge in [0.2, 0.25) is 5.43 Å². The molecule has 0 aliphatic rings. The van der Waals surface area contributed by atoms with Crippen LogP contribution in [0.1, 0.15) is 15.9 Å². The van der Waals surface area contributed by atoms with Crippen molar-refractivity contribution in [3.8, 4) is 11.4 Å². The van der Waals surface area contributed by atoms with E-state index in [1.54, 1.807) is 53.4 Å². The number of nitrogens with two attached hydrogens (primary N) is 1. The third-order valence-corrected chi connectivity index (χ3v) is 4.47. The topological polar surface area (TPSA) is 87.2 Å². The van der Waals surface area contributed by atoms with E-state index in [0.717, 1.165) is 5.56 Å². The lowest BCUT2D eigenvalue weighted by molar-refractivity contribution is 0.0999. The lowest BCUT2D eigenvalue weighted by atomic mass is 10.1. The normalized spacial score (nSPS) is 10.8. The maximum atomic E-state index is 13.3. The average Bonchev–Trinajstić information content (AvgIpc) is 2.74. The van der Waals surface area contributed by atoms with E-state index < -0.39 is 11.3 Å². The summed E-state index contributed by atoms with van der Waals surface area (Å²) in [6, 6.07) is 14.4. The second kappa shape index (κ2) is 7.55. The average molecular weight is 389 g/mol. The largest absolute Gasteiger partial charge is 0.489 e. The van der Waals surface area contributed by atoms with Crippen LogP contribution in [0.2, 0.25) is 0 Å². The van der Waals surface area contributed by atoms with Crippen LogP contribution in [0.3, 0.4) is 0 Å². The predicted molar refractivity (Wildman–Crippen MR) is 107 cm³/mol. The standard InChI is InChI=1S/C22H16FN3O3/c23-15-3-5-16(6-4-15)26-12-19(22(24)28)21(27)18-10-17(7-8-20(18)26)29-13-14-2-1-9-25-11-14/h1-12H,13H2,(H2,24,28). The number of carbonyl (C=O) groups is 1. The van der Waals surface area contributed by atoms with E-state index in [1.807, 2.05) is 6.07 Å². The number of benzene rings is 2. The molecule has 0 atom stereocenters. The molecule has 1 amide bonds. The van der Waals surface area contributed by atoms with Gasteiger partial charge in [0.25, 0.3) is 5.91 Å². The Bertz CT molecular complexity index is 1250. The molecule has 2 aromatic carbocycles. The van der Waals surface area contributed by atoms with Gasteiger partial charge in [-0.3, -0.25) is 14.6 Å². The molecule has 2 aromatic heterocycles. The van der Waals surface area contributed by atoms with E-state index in [2.05, 4.69) is 4.98 Å². The molecule has 4 rings (SSSR count). The summed E-state index contributed by atoms with van der Waals surface area (Å²) in [6.07, 6.45) is 4.73. The van der Waals surface area contributed by atoms with Crippen molar-refractivity contribution in [1.29, 1.82) is 0 Å². The third kappa shape index (κ3) is 3.70. The Balaban J connectivity index is 1.82. The lowest BCUT2D eigenvalue weighted by Gasteiger charge is -2.14. The molecule has 29 heavy (non-hydrogen) atoms. The van der Waals surface area contributed by atoms with Crippen LogP contribution in [0.5, 0.6) is 5.75 Å². The van der Waals surface area contributed by atoms with Crippen molar-refractivity contribution in [2.24, 2.45) is 5.73 Å². The number of halogens is 1. The number of carbonyl (C=O) groups excluding carboxylic acids is 1. The number of pyridine rings is 2. The van der Waals surface area contributed by atoms with Gasteiger partial charge in [0, 0.05) is 29.8 Å². The number of hydrogen-bond donors (Lipinski definition) is 1. The minimum Gasteiger partial charge on any atom is -0.489 e. The minimum absolute atomic E-state index is 0.161. The van der Waals surface area contributed by atoms with Crippen molar-refractivity contribution in [2.45, 2.75) is 6.61 Å². The highest BCUT2D eigenvalue weighted by molar-refractivity contribution is 5.96. The molecule has 0 bridgehead atoms. The summed E-state index contributed by atoms with van der Waals surface area (Å²) >= 11 is 0. The molecular weight excluding hydrogens is 373 g/mol. The van der Waals surface area contributed by atoms with Crippen LogP contribution in [0.4, 0.5) is 4.39 Å². The maximum absolute atomic E-state index is 13.3. The van der Waals surface area contributed by atoms with Crippen LogP contribution in [0.15, 0.2) is 78.0 Å². The van der Waals surface area contributed by atoms with E-state index in [0.29, 0.717) is 17.0 Å². The summed E-state index contributed by atoms with van der Waals surface area (Å²) in [5.41, 5.74) is 6.75. The highest BCUT2D eigenvalue weighted by Gasteiger charge is 2.15. The number of amides is 1. The SMILES string of the molecule is NC(=O)c1cn(-c2ccc(F)cc2)c2ccc(OCc3cccnc3)cc2c1=O. The quantitative estimate of drug-likeness (QED) is 0.568. The van der Waals surface area contributed by atoms with Crippen LogP contribution in [0.25, 0.3) is 16.6 Å². The highest BCUT2D eigenvalue weighted by atomic mass is 19.1. The Hall–Kier alpha value is -4.00. The van der Waals surface area contributed by atoms with Crippen LogP contribution in [0, 0.1) is 5.82 Å². The van der Waals surface area contributed by atoms with Crippen molar-refractivity contribution in [2.75, 3.05) is 0 Å². The summed E-state index contributed by atoms with van der Waals surface area (Å²) < 4.78 is 20.7. The third-order valence-electron chi connectivity index (χ3n) is 4.47. The number of nitrogens with zero attached hydrogens (tertiary/aromatic N) is 2. The van der Waals surface area contributed by atoms with Gasteiger partial charge >= 0.3 is 0 Å². The molecule has 7 heteroatoms. The van der Waals surface area contributed by atoms with E-state index in [-0.39, 0.29) is 23.4 Å². The first-order chi connectivity index (χ1) is 14.0. The summed E-state index contributed by atoms with van der Waals surface area (Å²) in [4.78, 5) is 28.6. The van der Waals surface area contributed by atoms with Gasteiger partial charge in [-0.15, -0.1) is 0 Å². The van der Waals surface area contributed by atoms with Gasteiger partial charge in [0.05, 0.1) is 10.9 Å². The smallest absolute Gasteiger partial charge is 0.254 e. The second-order valence-electron chi connectivity index (χ2n) is 6.41. The molecule has 0 radical (unpaired) electrons. The highest BCUT2D eigenvalue weighted by Crippen LogP contribution is 2.23. The van der Waals surface area contributed by atoms with Crippen molar-refractivity contribution < 1.29 is 13.9 Å². The van der Waals surface area contributed by atoms with Crippen LogP contribution < -0.4 is 15.9 Å². The number of hydrogen-bond acceptors (Lipinski definition) is 4. The molecule has 0 fully saturated rings. The Kier molecular flexibility index (Phi) is 4.78. The van der Waals surface area contributed by atoms with Gasteiger partial charge in [-0.2, -0.15) is 0 Å². The first-order valence-electron chi connectivity index (χ1n) is 8.80. The molecule has 0 aliphatic heterocycles. The van der Waals surface area contributed by atoms with Crippen molar-refractivity contribution in [3.63, 3.8) is 0 Å². The molecule has 0 unspecified atom stereocenters. The van der Waals surface area contributed by atoms with Crippen LogP contribution in [-0.4, -0.2) is 15.5 Å². The maximum Gasteiger partial charge on any atom is 0.254 e. The fourth-order valence-electron chi connectivity index (χ4n) is 3.04.